The molecule has 0 aromatic heterocycles. The number of thioether (sulfide) groups is 1. The van der Waals surface area contributed by atoms with Gasteiger partial charge in [0.15, 0.2) is 15.0 Å². The van der Waals surface area contributed by atoms with Gasteiger partial charge in [0.2, 0.25) is 0 Å². The van der Waals surface area contributed by atoms with Crippen LogP contribution < -0.4 is 10.2 Å². The summed E-state index contributed by atoms with van der Waals surface area (Å²) in [7, 11) is -3.20. The van der Waals surface area contributed by atoms with E-state index in [2.05, 4.69) is 24.2 Å². The second-order valence-electron chi connectivity index (χ2n) is 10.9. The van der Waals surface area contributed by atoms with Crippen LogP contribution in [0.15, 0.2) is 53.5 Å². The number of nitrogens with zero attached hydrogens (tertiary/aromatic N) is 2. The summed E-state index contributed by atoms with van der Waals surface area (Å²) in [5.74, 6) is -0.444. The molecule has 2 aliphatic heterocycles. The standard InChI is InChI=1S/C29H37N3O5S2/c1-6-20-14-11-15-21(7-2)25(20)32-23-17-39(35,36)18-24(23)38-27(32)31-26(33)22(16-19-12-9-8-10-13-19)30-28(34)37-29(3,4)5/h8-15,22-24H,6-7,16-18H2,1-5H3,(H,30,34)/t22-,23+,24-/m1/s1. The Morgan fingerprint density at radius 3 is 2.28 bits per heavy atom. The number of amides is 2. The predicted octanol–water partition coefficient (Wildman–Crippen LogP) is 4.55. The van der Waals surface area contributed by atoms with Crippen LogP contribution in [0, 0.1) is 0 Å². The molecule has 10 heteroatoms. The number of carbonyl (C=O) groups excluding carboxylic acids is 2. The van der Waals surface area contributed by atoms with Gasteiger partial charge >= 0.3 is 6.09 Å². The van der Waals surface area contributed by atoms with Crippen molar-refractivity contribution >= 4 is 44.5 Å². The number of anilines is 1. The van der Waals surface area contributed by atoms with Crippen LogP contribution in [0.1, 0.15) is 51.3 Å². The lowest BCUT2D eigenvalue weighted by Crippen LogP contribution is -2.45. The maximum atomic E-state index is 13.7. The normalized spacial score (nSPS) is 22.0. The zero-order valence-corrected chi connectivity index (χ0v) is 24.8. The Morgan fingerprint density at radius 1 is 1.05 bits per heavy atom. The van der Waals surface area contributed by atoms with E-state index in [0.717, 1.165) is 35.2 Å². The van der Waals surface area contributed by atoms with E-state index in [1.54, 1.807) is 20.8 Å². The molecule has 8 nitrogen and oxygen atoms in total. The highest BCUT2D eigenvalue weighted by atomic mass is 32.2. The largest absolute Gasteiger partial charge is 0.444 e. The summed E-state index contributed by atoms with van der Waals surface area (Å²) >= 11 is 1.34. The predicted molar refractivity (Wildman–Crippen MR) is 157 cm³/mol. The van der Waals surface area contributed by atoms with Crippen LogP contribution >= 0.6 is 11.8 Å². The molecule has 2 saturated heterocycles. The first-order valence-electron chi connectivity index (χ1n) is 13.3. The van der Waals surface area contributed by atoms with Gasteiger partial charge in [0.25, 0.3) is 5.91 Å². The minimum atomic E-state index is -3.20. The summed E-state index contributed by atoms with van der Waals surface area (Å²) < 4.78 is 30.6. The molecule has 0 bridgehead atoms. The van der Waals surface area contributed by atoms with Gasteiger partial charge in [-0.15, -0.1) is 0 Å². The van der Waals surface area contributed by atoms with Gasteiger partial charge in [-0.2, -0.15) is 4.99 Å². The van der Waals surface area contributed by atoms with Crippen molar-refractivity contribution in [1.82, 2.24) is 5.32 Å². The SMILES string of the molecule is CCc1cccc(CC)c1N1C(=NC(=O)[C@@H](Cc2ccccc2)NC(=O)OC(C)(C)C)S[C@@H]2CS(=O)(=O)C[C@@H]21. The van der Waals surface area contributed by atoms with Crippen molar-refractivity contribution in [2.24, 2.45) is 4.99 Å². The molecule has 1 N–H and O–H groups in total. The number of rotatable bonds is 7. The second-order valence-corrected chi connectivity index (χ2v) is 14.3. The van der Waals surface area contributed by atoms with Crippen LogP contribution in [0.3, 0.4) is 0 Å². The first-order valence-corrected chi connectivity index (χ1v) is 16.0. The quantitative estimate of drug-likeness (QED) is 0.520. The smallest absolute Gasteiger partial charge is 0.408 e. The Labute approximate surface area is 235 Å². The lowest BCUT2D eigenvalue weighted by Gasteiger charge is -2.29. The molecule has 2 aromatic rings. The fourth-order valence-corrected chi connectivity index (χ4v) is 8.93. The third-order valence-electron chi connectivity index (χ3n) is 6.75. The second kappa shape index (κ2) is 11.7. The maximum Gasteiger partial charge on any atom is 0.408 e. The zero-order valence-electron chi connectivity index (χ0n) is 23.1. The van der Waals surface area contributed by atoms with Crippen molar-refractivity contribution in [3.05, 3.63) is 65.2 Å². The molecule has 210 valence electrons. The summed E-state index contributed by atoms with van der Waals surface area (Å²) in [6.45, 7) is 9.41. The minimum Gasteiger partial charge on any atom is -0.444 e. The highest BCUT2D eigenvalue weighted by Gasteiger charge is 2.50. The van der Waals surface area contributed by atoms with Crippen molar-refractivity contribution in [3.63, 3.8) is 0 Å². The van der Waals surface area contributed by atoms with E-state index in [1.165, 1.54) is 11.8 Å². The first-order chi connectivity index (χ1) is 18.4. The Kier molecular flexibility index (Phi) is 8.75. The number of ether oxygens (including phenoxy) is 1. The van der Waals surface area contributed by atoms with E-state index >= 15 is 0 Å². The van der Waals surface area contributed by atoms with Crippen molar-refractivity contribution < 1.29 is 22.7 Å². The average Bonchev–Trinajstić information content (AvgIpc) is 3.32. The number of para-hydroxylation sites is 1. The molecule has 2 aliphatic rings. The number of benzene rings is 2. The molecule has 2 fully saturated rings. The Bertz CT molecular complexity index is 1330. The fraction of sp³-hybridized carbons (Fsp3) is 0.483. The van der Waals surface area contributed by atoms with Gasteiger partial charge in [-0.1, -0.05) is 74.1 Å². The molecule has 0 saturated carbocycles. The average molecular weight is 572 g/mol. The molecule has 39 heavy (non-hydrogen) atoms. The number of aryl methyl sites for hydroxylation is 2. The number of carbonyl (C=O) groups is 2. The molecule has 2 heterocycles. The lowest BCUT2D eigenvalue weighted by atomic mass is 10.0. The molecule has 2 aromatic carbocycles. The molecule has 2 amide bonds. The lowest BCUT2D eigenvalue weighted by molar-refractivity contribution is -0.119. The van der Waals surface area contributed by atoms with Crippen LogP contribution in [0.5, 0.6) is 0 Å². The van der Waals surface area contributed by atoms with E-state index in [1.807, 2.05) is 53.4 Å². The Morgan fingerprint density at radius 2 is 1.69 bits per heavy atom. The van der Waals surface area contributed by atoms with E-state index in [4.69, 9.17) is 4.74 Å². The molecular weight excluding hydrogens is 534 g/mol. The topological polar surface area (TPSA) is 105 Å². The maximum absolute atomic E-state index is 13.7. The number of hydrogen-bond acceptors (Lipinski definition) is 6. The molecule has 4 rings (SSSR count). The summed E-state index contributed by atoms with van der Waals surface area (Å²) in [6.07, 6.45) is 1.06. The molecule has 3 atom stereocenters. The summed E-state index contributed by atoms with van der Waals surface area (Å²) in [5, 5.41) is 2.97. The number of aliphatic imine (C=N–C) groups is 1. The highest BCUT2D eigenvalue weighted by Crippen LogP contribution is 2.43. The van der Waals surface area contributed by atoms with Gasteiger partial charge < -0.3 is 15.0 Å². The van der Waals surface area contributed by atoms with Crippen molar-refractivity contribution in [3.8, 4) is 0 Å². The number of amidine groups is 1. The van der Waals surface area contributed by atoms with Crippen LogP contribution in [-0.2, 0) is 38.6 Å². The number of sulfone groups is 1. The van der Waals surface area contributed by atoms with Crippen molar-refractivity contribution in [2.75, 3.05) is 16.4 Å². The third kappa shape index (κ3) is 7.03. The third-order valence-corrected chi connectivity index (χ3v) is 9.96. The molecular formula is C29H37N3O5S2. The van der Waals surface area contributed by atoms with E-state index in [9.17, 15) is 18.0 Å². The fourth-order valence-electron chi connectivity index (χ4n) is 5.02. The number of alkyl carbamates (subject to hydrolysis) is 1. The van der Waals surface area contributed by atoms with Gasteiger partial charge in [-0.3, -0.25) is 4.79 Å². The van der Waals surface area contributed by atoms with Crippen LogP contribution in [0.2, 0.25) is 0 Å². The molecule has 0 aliphatic carbocycles. The molecule has 0 unspecified atom stereocenters. The van der Waals surface area contributed by atoms with Gasteiger partial charge in [0, 0.05) is 17.4 Å². The van der Waals surface area contributed by atoms with Crippen LogP contribution in [0.4, 0.5) is 10.5 Å². The number of nitrogens with one attached hydrogen (secondary N) is 1. The molecule has 0 radical (unpaired) electrons. The Hall–Kier alpha value is -2.85. The number of fused-ring (bicyclic) bond motifs is 1. The van der Waals surface area contributed by atoms with Gasteiger partial charge in [0.05, 0.1) is 17.5 Å². The summed E-state index contributed by atoms with van der Waals surface area (Å²) in [6, 6.07) is 14.2. The molecule has 0 spiro atoms. The highest BCUT2D eigenvalue weighted by molar-refractivity contribution is 8.16. The van der Waals surface area contributed by atoms with E-state index in [-0.39, 0.29) is 29.2 Å². The minimum absolute atomic E-state index is 0.0166. The summed E-state index contributed by atoms with van der Waals surface area (Å²) in [5.41, 5.74) is 3.24. The van der Waals surface area contributed by atoms with E-state index in [0.29, 0.717) is 5.17 Å². The monoisotopic (exact) mass is 571 g/mol. The zero-order chi connectivity index (χ0) is 28.4. The van der Waals surface area contributed by atoms with Gasteiger partial charge in [-0.05, 0) is 50.3 Å². The van der Waals surface area contributed by atoms with Crippen molar-refractivity contribution in [2.45, 2.75) is 76.8 Å². The van der Waals surface area contributed by atoms with Crippen LogP contribution in [0.25, 0.3) is 0 Å². The Balaban J connectivity index is 1.73. The van der Waals surface area contributed by atoms with E-state index < -0.39 is 33.5 Å². The first kappa shape index (κ1) is 29.1. The summed E-state index contributed by atoms with van der Waals surface area (Å²) in [4.78, 5) is 32.9. The number of hydrogen-bond donors (Lipinski definition) is 1. The van der Waals surface area contributed by atoms with Gasteiger partial charge in [-0.25, -0.2) is 13.2 Å². The van der Waals surface area contributed by atoms with Crippen molar-refractivity contribution in [1.29, 1.82) is 0 Å². The van der Waals surface area contributed by atoms with Gasteiger partial charge in [0.1, 0.15) is 11.6 Å². The van der Waals surface area contributed by atoms with Crippen LogP contribution in [-0.4, -0.2) is 60.0 Å².